The van der Waals surface area contributed by atoms with Gasteiger partial charge in [-0.25, -0.2) is 0 Å². The molecule has 0 aromatic carbocycles. The summed E-state index contributed by atoms with van der Waals surface area (Å²) in [6, 6.07) is 0. The minimum absolute atomic E-state index is 0.0588. The molecule has 0 aliphatic heterocycles. The highest BCUT2D eigenvalue weighted by atomic mass is 16.3. The highest BCUT2D eigenvalue weighted by Gasteiger charge is 2.33. The molecule has 19 heavy (non-hydrogen) atoms. The average molecular weight is 270 g/mol. The third kappa shape index (κ3) is 3.89. The van der Waals surface area contributed by atoms with Crippen molar-refractivity contribution in [1.29, 1.82) is 0 Å². The molecule has 1 fully saturated rings. The first-order valence-electron chi connectivity index (χ1n) is 6.83. The van der Waals surface area contributed by atoms with Gasteiger partial charge in [-0.05, 0) is 42.2 Å². The van der Waals surface area contributed by atoms with Crippen LogP contribution in [0.1, 0.15) is 33.1 Å². The molecule has 4 heteroatoms. The van der Waals surface area contributed by atoms with E-state index in [-0.39, 0.29) is 18.3 Å². The molecule has 0 amide bonds. The van der Waals surface area contributed by atoms with E-state index < -0.39 is 24.4 Å². The van der Waals surface area contributed by atoms with E-state index in [1.54, 1.807) is 0 Å². The number of aliphatic hydroxyl groups excluding tert-OH is 4. The maximum atomic E-state index is 10.3. The van der Waals surface area contributed by atoms with Crippen molar-refractivity contribution < 1.29 is 20.4 Å². The Hall–Kier alpha value is -0.680. The first-order chi connectivity index (χ1) is 8.75. The van der Waals surface area contributed by atoms with Crippen LogP contribution in [0.25, 0.3) is 0 Å². The summed E-state index contributed by atoms with van der Waals surface area (Å²) in [5.74, 6) is 0.109. The van der Waals surface area contributed by atoms with E-state index in [9.17, 15) is 20.4 Å². The molecule has 0 saturated heterocycles. The van der Waals surface area contributed by atoms with Gasteiger partial charge in [0.25, 0.3) is 0 Å². The Morgan fingerprint density at radius 2 is 1.58 bits per heavy atom. The molecule has 1 aliphatic rings. The van der Waals surface area contributed by atoms with Crippen LogP contribution in [-0.4, -0.2) is 44.8 Å². The standard InChI is InChI=1S/C15H26O4/c1-8(2)11-6-5-9(3)13(17)12(16)7-10(4)14(18)15(11)19/h8,11-19H,3-7H2,1-2H3/t11-,12+,13+,14+,15+/m0/s1. The molecule has 0 unspecified atom stereocenters. The van der Waals surface area contributed by atoms with Crippen molar-refractivity contribution in [3.8, 4) is 0 Å². The van der Waals surface area contributed by atoms with E-state index >= 15 is 0 Å². The molecular weight excluding hydrogens is 244 g/mol. The van der Waals surface area contributed by atoms with Gasteiger partial charge >= 0.3 is 0 Å². The van der Waals surface area contributed by atoms with Crippen LogP contribution in [0.4, 0.5) is 0 Å². The zero-order valence-corrected chi connectivity index (χ0v) is 11.8. The van der Waals surface area contributed by atoms with Crippen LogP contribution in [0, 0.1) is 11.8 Å². The molecule has 0 radical (unpaired) electrons. The van der Waals surface area contributed by atoms with Crippen molar-refractivity contribution in [2.45, 2.75) is 57.5 Å². The number of rotatable bonds is 1. The highest BCUT2D eigenvalue weighted by molar-refractivity contribution is 5.13. The third-order valence-electron chi connectivity index (χ3n) is 4.09. The maximum Gasteiger partial charge on any atom is 0.101 e. The van der Waals surface area contributed by atoms with Crippen LogP contribution < -0.4 is 0 Å². The summed E-state index contributed by atoms with van der Waals surface area (Å²) in [6.45, 7) is 11.5. The van der Waals surface area contributed by atoms with Crippen molar-refractivity contribution >= 4 is 0 Å². The fraction of sp³-hybridized carbons (Fsp3) is 0.733. The van der Waals surface area contributed by atoms with Gasteiger partial charge in [0.1, 0.15) is 12.2 Å². The third-order valence-corrected chi connectivity index (χ3v) is 4.09. The maximum absolute atomic E-state index is 10.3. The van der Waals surface area contributed by atoms with Crippen LogP contribution in [0.3, 0.4) is 0 Å². The van der Waals surface area contributed by atoms with Gasteiger partial charge in [0.05, 0.1) is 12.2 Å². The normalized spacial score (nSPS) is 38.6. The summed E-state index contributed by atoms with van der Waals surface area (Å²) in [7, 11) is 0. The van der Waals surface area contributed by atoms with Gasteiger partial charge in [0.2, 0.25) is 0 Å². The van der Waals surface area contributed by atoms with Gasteiger partial charge in [-0.3, -0.25) is 0 Å². The molecule has 0 heterocycles. The fourth-order valence-electron chi connectivity index (χ4n) is 2.65. The predicted octanol–water partition coefficient (Wildman–Crippen LogP) is 0.998. The molecule has 0 aromatic rings. The topological polar surface area (TPSA) is 80.9 Å². The van der Waals surface area contributed by atoms with Crippen molar-refractivity contribution in [3.63, 3.8) is 0 Å². The molecule has 0 bridgehead atoms. The SMILES string of the molecule is C=C1C[C@@H](O)[C@H](O)C(=C)CC[C@@H](C(C)C)[C@@H](O)[C@@H]1O. The van der Waals surface area contributed by atoms with E-state index in [4.69, 9.17) is 0 Å². The molecule has 0 spiro atoms. The summed E-state index contributed by atoms with van der Waals surface area (Å²) < 4.78 is 0. The lowest BCUT2D eigenvalue weighted by Gasteiger charge is -2.34. The van der Waals surface area contributed by atoms with Crippen LogP contribution in [0.2, 0.25) is 0 Å². The number of hydrogen-bond donors (Lipinski definition) is 4. The molecule has 1 rings (SSSR count). The van der Waals surface area contributed by atoms with Crippen molar-refractivity contribution in [2.24, 2.45) is 11.8 Å². The van der Waals surface area contributed by atoms with E-state index in [0.29, 0.717) is 24.0 Å². The minimum Gasteiger partial charge on any atom is -0.390 e. The molecular formula is C15H26O4. The molecule has 4 nitrogen and oxygen atoms in total. The first kappa shape index (κ1) is 16.4. The lowest BCUT2D eigenvalue weighted by Crippen LogP contribution is -2.40. The Bertz CT molecular complexity index is 337. The molecule has 0 aromatic heterocycles. The summed E-state index contributed by atoms with van der Waals surface area (Å²) in [5, 5.41) is 40.1. The van der Waals surface area contributed by atoms with Crippen molar-refractivity contribution in [2.75, 3.05) is 0 Å². The summed E-state index contributed by atoms with van der Waals surface area (Å²) in [6.07, 6.45) is -2.81. The van der Waals surface area contributed by atoms with Gasteiger partial charge in [-0.2, -0.15) is 0 Å². The largest absolute Gasteiger partial charge is 0.390 e. The number of aliphatic hydroxyl groups is 4. The monoisotopic (exact) mass is 270 g/mol. The van der Waals surface area contributed by atoms with Gasteiger partial charge < -0.3 is 20.4 Å². The summed E-state index contributed by atoms with van der Waals surface area (Å²) >= 11 is 0. The zero-order valence-electron chi connectivity index (χ0n) is 11.8. The second-order valence-electron chi connectivity index (χ2n) is 5.91. The van der Waals surface area contributed by atoms with Crippen molar-refractivity contribution in [1.82, 2.24) is 0 Å². The van der Waals surface area contributed by atoms with E-state index in [2.05, 4.69) is 13.2 Å². The molecule has 4 N–H and O–H groups in total. The van der Waals surface area contributed by atoms with Crippen LogP contribution in [-0.2, 0) is 0 Å². The minimum atomic E-state index is -1.07. The molecule has 110 valence electrons. The van der Waals surface area contributed by atoms with Crippen LogP contribution in [0.15, 0.2) is 24.3 Å². The Morgan fingerprint density at radius 3 is 2.11 bits per heavy atom. The lowest BCUT2D eigenvalue weighted by atomic mass is 9.78. The Morgan fingerprint density at radius 1 is 1.00 bits per heavy atom. The summed E-state index contributed by atoms with van der Waals surface area (Å²) in [4.78, 5) is 0. The fourth-order valence-corrected chi connectivity index (χ4v) is 2.65. The number of hydrogen-bond acceptors (Lipinski definition) is 4. The van der Waals surface area contributed by atoms with Gasteiger partial charge in [0, 0.05) is 0 Å². The second kappa shape index (κ2) is 6.66. The quantitative estimate of drug-likeness (QED) is 0.536. The lowest BCUT2D eigenvalue weighted by molar-refractivity contribution is -0.0274. The smallest absolute Gasteiger partial charge is 0.101 e. The average Bonchev–Trinajstić information content (AvgIpc) is 2.34. The Labute approximate surface area is 115 Å². The van der Waals surface area contributed by atoms with Crippen molar-refractivity contribution in [3.05, 3.63) is 24.3 Å². The predicted molar refractivity (Wildman–Crippen MR) is 74.5 cm³/mol. The first-order valence-corrected chi connectivity index (χ1v) is 6.83. The van der Waals surface area contributed by atoms with Gasteiger partial charge in [0.15, 0.2) is 0 Å². The Balaban J connectivity index is 2.96. The van der Waals surface area contributed by atoms with Crippen LogP contribution >= 0.6 is 0 Å². The van der Waals surface area contributed by atoms with Crippen LogP contribution in [0.5, 0.6) is 0 Å². The molecule has 1 saturated carbocycles. The van der Waals surface area contributed by atoms with E-state index in [1.807, 2.05) is 13.8 Å². The Kier molecular flexibility index (Phi) is 5.74. The molecule has 1 aliphatic carbocycles. The van der Waals surface area contributed by atoms with Gasteiger partial charge in [-0.15, -0.1) is 0 Å². The second-order valence-corrected chi connectivity index (χ2v) is 5.91. The van der Waals surface area contributed by atoms with E-state index in [1.165, 1.54) is 0 Å². The summed E-state index contributed by atoms with van der Waals surface area (Å²) in [5.41, 5.74) is 0.911. The van der Waals surface area contributed by atoms with Gasteiger partial charge in [-0.1, -0.05) is 27.0 Å². The highest BCUT2D eigenvalue weighted by Crippen LogP contribution is 2.30. The molecule has 5 atom stereocenters. The zero-order chi connectivity index (χ0) is 14.7. The van der Waals surface area contributed by atoms with E-state index in [0.717, 1.165) is 0 Å².